The maximum atomic E-state index is 5.84. The number of allylic oxidation sites excluding steroid dienone is 4. The highest BCUT2D eigenvalue weighted by molar-refractivity contribution is 5.42. The van der Waals surface area contributed by atoms with Crippen LogP contribution in [0.25, 0.3) is 0 Å². The van der Waals surface area contributed by atoms with Crippen molar-refractivity contribution in [2.75, 3.05) is 13.2 Å². The molecule has 1 atom stereocenters. The highest BCUT2D eigenvalue weighted by Crippen LogP contribution is 2.23. The maximum Gasteiger partial charge on any atom is 0.142 e. The van der Waals surface area contributed by atoms with Gasteiger partial charge in [-0.3, -0.25) is 4.99 Å². The highest BCUT2D eigenvalue weighted by atomic mass is 16.5. The van der Waals surface area contributed by atoms with E-state index in [4.69, 9.17) is 9.47 Å². The van der Waals surface area contributed by atoms with Crippen molar-refractivity contribution in [3.63, 3.8) is 0 Å². The SMILES string of the molecule is C=CC(/C(=C/C(C)Cc1ccc(OC2=CNCC=C2)cc1)OCC)=C(/C)N=C.CC.CC. The predicted molar refractivity (Wildman–Crippen MR) is 140 cm³/mol. The Morgan fingerprint density at radius 2 is 1.84 bits per heavy atom. The van der Waals surface area contributed by atoms with Crippen LogP contribution in [-0.2, 0) is 11.2 Å². The monoisotopic (exact) mass is 438 g/mol. The molecule has 0 saturated heterocycles. The summed E-state index contributed by atoms with van der Waals surface area (Å²) in [6.07, 6.45) is 10.7. The highest BCUT2D eigenvalue weighted by Gasteiger charge is 2.10. The smallest absolute Gasteiger partial charge is 0.142 e. The Morgan fingerprint density at radius 3 is 2.34 bits per heavy atom. The minimum absolute atomic E-state index is 0.286. The van der Waals surface area contributed by atoms with E-state index in [-0.39, 0.29) is 5.92 Å². The number of hydrogen-bond donors (Lipinski definition) is 1. The van der Waals surface area contributed by atoms with E-state index in [1.165, 1.54) is 5.56 Å². The first-order chi connectivity index (χ1) is 15.6. The molecule has 1 aliphatic rings. The lowest BCUT2D eigenvalue weighted by atomic mass is 9.98. The van der Waals surface area contributed by atoms with Crippen LogP contribution in [0.15, 0.2) is 89.1 Å². The zero-order chi connectivity index (χ0) is 24.4. The van der Waals surface area contributed by atoms with Crippen LogP contribution in [0.2, 0.25) is 0 Å². The number of dihydropyridines is 1. The summed E-state index contributed by atoms with van der Waals surface area (Å²) in [4.78, 5) is 4.02. The molecular weight excluding hydrogens is 396 g/mol. The van der Waals surface area contributed by atoms with Crippen LogP contribution in [0.1, 0.15) is 54.0 Å². The van der Waals surface area contributed by atoms with Gasteiger partial charge in [0.05, 0.1) is 6.61 Å². The van der Waals surface area contributed by atoms with E-state index >= 15 is 0 Å². The van der Waals surface area contributed by atoms with Crippen molar-refractivity contribution in [2.24, 2.45) is 10.9 Å². The van der Waals surface area contributed by atoms with Crippen molar-refractivity contribution in [2.45, 2.75) is 54.9 Å². The summed E-state index contributed by atoms with van der Waals surface area (Å²) in [6, 6.07) is 8.20. The average molecular weight is 439 g/mol. The molecule has 176 valence electrons. The van der Waals surface area contributed by atoms with Gasteiger partial charge in [0.25, 0.3) is 0 Å². The molecule has 0 amide bonds. The summed E-state index contributed by atoms with van der Waals surface area (Å²) in [6.45, 7) is 23.0. The third-order valence-electron chi connectivity index (χ3n) is 4.31. The van der Waals surface area contributed by atoms with E-state index in [1.807, 2.05) is 72.0 Å². The predicted octanol–water partition coefficient (Wildman–Crippen LogP) is 7.38. The molecule has 1 aliphatic heterocycles. The molecule has 0 spiro atoms. The summed E-state index contributed by atoms with van der Waals surface area (Å²) < 4.78 is 11.7. The molecule has 4 nitrogen and oxygen atoms in total. The Labute approximate surface area is 196 Å². The average Bonchev–Trinajstić information content (AvgIpc) is 2.84. The normalized spacial score (nSPS) is 14.1. The minimum Gasteiger partial charge on any atom is -0.494 e. The molecule has 2 rings (SSSR count). The number of rotatable bonds is 10. The van der Waals surface area contributed by atoms with Gasteiger partial charge in [0, 0.05) is 24.0 Å². The summed E-state index contributed by atoms with van der Waals surface area (Å²) >= 11 is 0. The fraction of sp³-hybridized carbons (Fsp3) is 0.393. The third kappa shape index (κ3) is 10.3. The number of nitrogens with zero attached hydrogens (tertiary/aromatic N) is 1. The third-order valence-corrected chi connectivity index (χ3v) is 4.31. The summed E-state index contributed by atoms with van der Waals surface area (Å²) in [5, 5.41) is 3.13. The van der Waals surface area contributed by atoms with Crippen LogP contribution in [0.4, 0.5) is 0 Å². The first-order valence-corrected chi connectivity index (χ1v) is 11.6. The fourth-order valence-corrected chi connectivity index (χ4v) is 2.92. The van der Waals surface area contributed by atoms with Crippen LogP contribution < -0.4 is 10.1 Å². The van der Waals surface area contributed by atoms with Crippen LogP contribution in [0.3, 0.4) is 0 Å². The molecular formula is C28H42N2O2. The lowest BCUT2D eigenvalue weighted by Gasteiger charge is -2.15. The molecule has 32 heavy (non-hydrogen) atoms. The van der Waals surface area contributed by atoms with Gasteiger partial charge in [0.15, 0.2) is 0 Å². The van der Waals surface area contributed by atoms with Crippen molar-refractivity contribution in [3.8, 4) is 5.75 Å². The Bertz CT molecular complexity index is 799. The quantitative estimate of drug-likeness (QED) is 0.235. The number of hydrogen-bond acceptors (Lipinski definition) is 4. The molecule has 0 aromatic heterocycles. The molecule has 1 aromatic rings. The molecule has 0 aliphatic carbocycles. The molecule has 1 aromatic carbocycles. The first kappa shape index (κ1) is 29.0. The van der Waals surface area contributed by atoms with Gasteiger partial charge in [-0.25, -0.2) is 0 Å². The second-order valence-corrected chi connectivity index (χ2v) is 6.61. The van der Waals surface area contributed by atoms with Crippen molar-refractivity contribution in [1.29, 1.82) is 0 Å². The zero-order valence-corrected chi connectivity index (χ0v) is 21.1. The number of aliphatic imine (C=N–C) groups is 1. The molecule has 0 fully saturated rings. The van der Waals surface area contributed by atoms with E-state index in [0.29, 0.717) is 6.61 Å². The van der Waals surface area contributed by atoms with E-state index in [0.717, 1.165) is 41.5 Å². The Morgan fingerprint density at radius 1 is 1.19 bits per heavy atom. The summed E-state index contributed by atoms with van der Waals surface area (Å²) in [5.74, 6) is 2.73. The standard InChI is InChI=1S/C24H30N2O2.2C2H6/c1-6-23(19(4)25-5)24(27-7-2)16-18(3)15-20-10-12-21(13-11-20)28-22-9-8-14-26-17-22;2*1-2/h6,8-13,16-18,26H,1,5,7,14-15H2,2-4H3;2*1-2H3/b23-19+,24-16-;;. The molecule has 1 unspecified atom stereocenters. The van der Waals surface area contributed by atoms with Crippen molar-refractivity contribution in [3.05, 3.63) is 89.7 Å². The first-order valence-electron chi connectivity index (χ1n) is 11.6. The second-order valence-electron chi connectivity index (χ2n) is 6.61. The minimum atomic E-state index is 0.286. The van der Waals surface area contributed by atoms with E-state index < -0.39 is 0 Å². The van der Waals surface area contributed by atoms with E-state index in [1.54, 1.807) is 6.08 Å². The Balaban J connectivity index is 0.00000227. The van der Waals surface area contributed by atoms with Gasteiger partial charge in [-0.2, -0.15) is 0 Å². The largest absolute Gasteiger partial charge is 0.494 e. The van der Waals surface area contributed by atoms with Crippen molar-refractivity contribution in [1.82, 2.24) is 5.32 Å². The van der Waals surface area contributed by atoms with Gasteiger partial charge in [0.1, 0.15) is 17.3 Å². The van der Waals surface area contributed by atoms with Gasteiger partial charge in [-0.05, 0) is 62.8 Å². The molecule has 1 heterocycles. The van der Waals surface area contributed by atoms with Gasteiger partial charge < -0.3 is 14.8 Å². The number of ether oxygens (including phenoxy) is 2. The fourth-order valence-electron chi connectivity index (χ4n) is 2.92. The second kappa shape index (κ2) is 17.6. The number of benzene rings is 1. The summed E-state index contributed by atoms with van der Waals surface area (Å²) in [5.41, 5.74) is 2.93. The Kier molecular flexibility index (Phi) is 16.0. The number of nitrogens with one attached hydrogen (secondary N) is 1. The van der Waals surface area contributed by atoms with E-state index in [2.05, 4.69) is 48.7 Å². The molecule has 0 bridgehead atoms. The van der Waals surface area contributed by atoms with Gasteiger partial charge in [-0.15, -0.1) is 0 Å². The molecule has 1 N–H and O–H groups in total. The Hall–Kier alpha value is -3.01. The van der Waals surface area contributed by atoms with Crippen LogP contribution in [0.5, 0.6) is 5.75 Å². The van der Waals surface area contributed by atoms with Crippen LogP contribution in [-0.4, -0.2) is 19.9 Å². The molecule has 0 saturated carbocycles. The lowest BCUT2D eigenvalue weighted by molar-refractivity contribution is 0.235. The molecule has 0 radical (unpaired) electrons. The van der Waals surface area contributed by atoms with Crippen LogP contribution >= 0.6 is 0 Å². The van der Waals surface area contributed by atoms with Crippen molar-refractivity contribution < 1.29 is 9.47 Å². The zero-order valence-electron chi connectivity index (χ0n) is 21.1. The maximum absolute atomic E-state index is 5.84. The van der Waals surface area contributed by atoms with Gasteiger partial charge in [-0.1, -0.05) is 65.5 Å². The van der Waals surface area contributed by atoms with Crippen molar-refractivity contribution >= 4 is 6.72 Å². The van der Waals surface area contributed by atoms with Gasteiger partial charge >= 0.3 is 0 Å². The van der Waals surface area contributed by atoms with Gasteiger partial charge in [0.2, 0.25) is 0 Å². The topological polar surface area (TPSA) is 42.8 Å². The van der Waals surface area contributed by atoms with Crippen LogP contribution in [0, 0.1) is 5.92 Å². The van der Waals surface area contributed by atoms with E-state index in [9.17, 15) is 0 Å². The molecule has 4 heteroatoms. The lowest BCUT2D eigenvalue weighted by Crippen LogP contribution is -2.11. The summed E-state index contributed by atoms with van der Waals surface area (Å²) in [7, 11) is 0.